The number of likely N-dealkylation sites (tertiary alicyclic amines) is 1. The molecular weight excluding hydrogens is 264 g/mol. The van der Waals surface area contributed by atoms with Crippen molar-refractivity contribution in [3.05, 3.63) is 35.4 Å². The number of carbonyl (C=O) groups is 1. The second-order valence-electron chi connectivity index (χ2n) is 5.39. The van der Waals surface area contributed by atoms with E-state index in [1.54, 1.807) is 6.92 Å². The van der Waals surface area contributed by atoms with Crippen molar-refractivity contribution >= 4 is 5.91 Å². The van der Waals surface area contributed by atoms with Crippen molar-refractivity contribution in [1.29, 1.82) is 0 Å². The molecule has 0 spiro atoms. The molecule has 4 heteroatoms. The summed E-state index contributed by atoms with van der Waals surface area (Å²) in [5, 5.41) is 11.7. The summed E-state index contributed by atoms with van der Waals surface area (Å²) in [5.41, 5.74) is 2.23. The highest BCUT2D eigenvalue weighted by Crippen LogP contribution is 2.14. The van der Waals surface area contributed by atoms with Crippen molar-refractivity contribution in [2.45, 2.75) is 32.4 Å². The lowest BCUT2D eigenvalue weighted by atomic mass is 10.1. The minimum Gasteiger partial charge on any atom is -0.395 e. The van der Waals surface area contributed by atoms with Crippen LogP contribution in [0.3, 0.4) is 0 Å². The third-order valence-corrected chi connectivity index (χ3v) is 3.51. The van der Waals surface area contributed by atoms with Gasteiger partial charge < -0.3 is 10.4 Å². The van der Waals surface area contributed by atoms with Crippen LogP contribution in [0.25, 0.3) is 0 Å². The number of aliphatic hydroxyl groups excluding tert-OH is 1. The van der Waals surface area contributed by atoms with E-state index in [1.807, 2.05) is 12.1 Å². The molecule has 0 radical (unpaired) electrons. The lowest BCUT2D eigenvalue weighted by Gasteiger charge is -2.16. The first kappa shape index (κ1) is 15.6. The fourth-order valence-electron chi connectivity index (χ4n) is 2.55. The van der Waals surface area contributed by atoms with Gasteiger partial charge in [-0.3, -0.25) is 9.69 Å². The number of nitrogens with zero attached hydrogens (tertiary/aromatic N) is 1. The first-order chi connectivity index (χ1) is 10.2. The average molecular weight is 286 g/mol. The van der Waals surface area contributed by atoms with Crippen molar-refractivity contribution in [3.8, 4) is 11.8 Å². The van der Waals surface area contributed by atoms with Crippen LogP contribution in [0.2, 0.25) is 0 Å². The standard InChI is InChI=1S/C17H22N2O2/c1-14(21)18-17-9-10-19(13-17)12-16-7-5-15(6-8-16)4-2-3-11-20/h5-8,17,20H,3,9-13H2,1H3,(H,18,21). The molecule has 1 heterocycles. The number of hydrogen-bond acceptors (Lipinski definition) is 3. The summed E-state index contributed by atoms with van der Waals surface area (Å²) in [4.78, 5) is 13.4. The molecule has 2 N–H and O–H groups in total. The topological polar surface area (TPSA) is 52.6 Å². The molecule has 1 aromatic carbocycles. The summed E-state index contributed by atoms with van der Waals surface area (Å²) in [7, 11) is 0. The van der Waals surface area contributed by atoms with Gasteiger partial charge in [-0.15, -0.1) is 0 Å². The van der Waals surface area contributed by atoms with Crippen molar-refractivity contribution < 1.29 is 9.90 Å². The molecule has 0 aliphatic carbocycles. The van der Waals surface area contributed by atoms with Crippen LogP contribution in [0.15, 0.2) is 24.3 Å². The van der Waals surface area contributed by atoms with Crippen LogP contribution in [0.4, 0.5) is 0 Å². The minimum atomic E-state index is 0.0488. The van der Waals surface area contributed by atoms with Gasteiger partial charge in [0.2, 0.25) is 5.91 Å². The number of aliphatic hydroxyl groups is 1. The monoisotopic (exact) mass is 286 g/mol. The second kappa shape index (κ2) is 7.82. The lowest BCUT2D eigenvalue weighted by molar-refractivity contribution is -0.119. The minimum absolute atomic E-state index is 0.0488. The number of nitrogens with one attached hydrogen (secondary N) is 1. The van der Waals surface area contributed by atoms with Gasteiger partial charge in [-0.1, -0.05) is 24.0 Å². The average Bonchev–Trinajstić information content (AvgIpc) is 2.87. The second-order valence-corrected chi connectivity index (χ2v) is 5.39. The summed E-state index contributed by atoms with van der Waals surface area (Å²) in [5.74, 6) is 5.99. The molecule has 0 bridgehead atoms. The lowest BCUT2D eigenvalue weighted by Crippen LogP contribution is -2.35. The Morgan fingerprint density at radius 2 is 2.19 bits per heavy atom. The molecule has 112 valence electrons. The Labute approximate surface area is 126 Å². The molecule has 1 unspecified atom stereocenters. The number of hydrogen-bond donors (Lipinski definition) is 2. The Kier molecular flexibility index (Phi) is 5.79. The largest absolute Gasteiger partial charge is 0.395 e. The van der Waals surface area contributed by atoms with E-state index >= 15 is 0 Å². The van der Waals surface area contributed by atoms with Crippen LogP contribution in [0.5, 0.6) is 0 Å². The van der Waals surface area contributed by atoms with E-state index in [4.69, 9.17) is 5.11 Å². The third-order valence-electron chi connectivity index (χ3n) is 3.51. The highest BCUT2D eigenvalue weighted by atomic mass is 16.2. The molecule has 1 aliphatic heterocycles. The van der Waals surface area contributed by atoms with Crippen molar-refractivity contribution in [3.63, 3.8) is 0 Å². The Balaban J connectivity index is 1.84. The highest BCUT2D eigenvalue weighted by molar-refractivity contribution is 5.73. The number of amides is 1. The van der Waals surface area contributed by atoms with Gasteiger partial charge in [-0.25, -0.2) is 0 Å². The third kappa shape index (κ3) is 5.22. The Morgan fingerprint density at radius 1 is 1.43 bits per heavy atom. The van der Waals surface area contributed by atoms with E-state index in [-0.39, 0.29) is 18.6 Å². The van der Waals surface area contributed by atoms with Gasteiger partial charge in [0.1, 0.15) is 0 Å². The van der Waals surface area contributed by atoms with Gasteiger partial charge in [0, 0.05) is 44.6 Å². The molecule has 1 saturated heterocycles. The predicted molar refractivity (Wildman–Crippen MR) is 82.5 cm³/mol. The number of carbonyl (C=O) groups excluding carboxylic acids is 1. The fraction of sp³-hybridized carbons (Fsp3) is 0.471. The van der Waals surface area contributed by atoms with E-state index < -0.39 is 0 Å². The summed E-state index contributed by atoms with van der Waals surface area (Å²) in [6, 6.07) is 8.50. The van der Waals surface area contributed by atoms with Gasteiger partial charge in [-0.05, 0) is 24.1 Å². The molecule has 21 heavy (non-hydrogen) atoms. The zero-order chi connectivity index (χ0) is 15.1. The van der Waals surface area contributed by atoms with Crippen LogP contribution in [-0.4, -0.2) is 41.7 Å². The van der Waals surface area contributed by atoms with Crippen LogP contribution < -0.4 is 5.32 Å². The molecule has 0 saturated carbocycles. The fourth-order valence-corrected chi connectivity index (χ4v) is 2.55. The first-order valence-corrected chi connectivity index (χ1v) is 7.35. The van der Waals surface area contributed by atoms with Crippen molar-refractivity contribution in [2.75, 3.05) is 19.7 Å². The Morgan fingerprint density at radius 3 is 2.86 bits per heavy atom. The van der Waals surface area contributed by atoms with E-state index in [0.717, 1.165) is 31.6 Å². The van der Waals surface area contributed by atoms with Gasteiger partial charge >= 0.3 is 0 Å². The maximum Gasteiger partial charge on any atom is 0.217 e. The Bertz CT molecular complexity index is 528. The van der Waals surface area contributed by atoms with Gasteiger partial charge in [-0.2, -0.15) is 0 Å². The highest BCUT2D eigenvalue weighted by Gasteiger charge is 2.22. The van der Waals surface area contributed by atoms with Crippen molar-refractivity contribution in [1.82, 2.24) is 10.2 Å². The smallest absolute Gasteiger partial charge is 0.217 e. The van der Waals surface area contributed by atoms with E-state index in [1.165, 1.54) is 5.56 Å². The van der Waals surface area contributed by atoms with Crippen LogP contribution in [0, 0.1) is 11.8 Å². The summed E-state index contributed by atoms with van der Waals surface area (Å²) in [6.07, 6.45) is 1.53. The quantitative estimate of drug-likeness (QED) is 0.816. The van der Waals surface area contributed by atoms with Crippen LogP contribution in [-0.2, 0) is 11.3 Å². The molecule has 1 atom stereocenters. The molecule has 2 rings (SSSR count). The maximum atomic E-state index is 11.1. The van der Waals surface area contributed by atoms with Gasteiger partial charge in [0.25, 0.3) is 0 Å². The van der Waals surface area contributed by atoms with Crippen LogP contribution >= 0.6 is 0 Å². The molecule has 4 nitrogen and oxygen atoms in total. The van der Waals surface area contributed by atoms with Crippen LogP contribution in [0.1, 0.15) is 30.9 Å². The van der Waals surface area contributed by atoms with Gasteiger partial charge in [0.05, 0.1) is 6.61 Å². The molecular formula is C17H22N2O2. The van der Waals surface area contributed by atoms with Crippen molar-refractivity contribution in [2.24, 2.45) is 0 Å². The molecule has 1 aromatic rings. The van der Waals surface area contributed by atoms with E-state index in [2.05, 4.69) is 34.2 Å². The summed E-state index contributed by atoms with van der Waals surface area (Å²) in [6.45, 7) is 4.51. The molecule has 0 aromatic heterocycles. The Hall–Kier alpha value is -1.83. The summed E-state index contributed by atoms with van der Waals surface area (Å²) >= 11 is 0. The zero-order valence-electron chi connectivity index (χ0n) is 12.4. The summed E-state index contributed by atoms with van der Waals surface area (Å²) < 4.78 is 0. The van der Waals surface area contributed by atoms with Gasteiger partial charge in [0.15, 0.2) is 0 Å². The molecule has 1 fully saturated rings. The maximum absolute atomic E-state index is 11.1. The number of rotatable bonds is 4. The van der Waals surface area contributed by atoms with E-state index in [0.29, 0.717) is 6.42 Å². The van der Waals surface area contributed by atoms with E-state index in [9.17, 15) is 4.79 Å². The SMILES string of the molecule is CC(=O)NC1CCN(Cc2ccc(C#CCCO)cc2)C1. The molecule has 1 amide bonds. The first-order valence-electron chi connectivity index (χ1n) is 7.35. The zero-order valence-corrected chi connectivity index (χ0v) is 12.4. The normalized spacial score (nSPS) is 18.1. The molecule has 1 aliphatic rings. The predicted octanol–water partition coefficient (Wildman–Crippen LogP) is 1.13. The number of benzene rings is 1.